The lowest BCUT2D eigenvalue weighted by Gasteiger charge is -2.43. The van der Waals surface area contributed by atoms with Crippen LogP contribution in [-0.4, -0.2) is 66.6 Å². The molecule has 7 heteroatoms. The van der Waals surface area contributed by atoms with E-state index in [1.807, 2.05) is 0 Å². The SMILES string of the molecule is CO[C@@H]1[C@H](NC(=O)c2ccc(C(=O)CO)cc2)CC[C@]2(CO2)[C@H]1[C@@]1(C)O[C@@H]1CC=C(C)C. The van der Waals surface area contributed by atoms with E-state index in [-0.39, 0.29) is 47.1 Å². The molecule has 2 saturated heterocycles. The monoisotopic (exact) mass is 443 g/mol. The molecule has 4 rings (SSSR count). The number of aliphatic hydroxyl groups is 1. The first-order chi connectivity index (χ1) is 15.2. The van der Waals surface area contributed by atoms with Crippen molar-refractivity contribution in [3.8, 4) is 0 Å². The summed E-state index contributed by atoms with van der Waals surface area (Å²) < 4.78 is 18.2. The van der Waals surface area contributed by atoms with Crippen molar-refractivity contribution < 1.29 is 28.9 Å². The molecule has 174 valence electrons. The van der Waals surface area contributed by atoms with Gasteiger partial charge in [0.15, 0.2) is 5.78 Å². The summed E-state index contributed by atoms with van der Waals surface area (Å²) in [7, 11) is 1.68. The summed E-state index contributed by atoms with van der Waals surface area (Å²) in [5, 5.41) is 12.1. The number of epoxide rings is 2. The van der Waals surface area contributed by atoms with E-state index in [1.54, 1.807) is 31.4 Å². The standard InChI is InChI=1S/C25H33NO6/c1-15(2)5-10-20-24(3,32-20)22-21(30-4)18(11-12-25(22)14-31-25)26-23(29)17-8-6-16(7-9-17)19(28)13-27/h5-9,18,20-22,27H,10-14H2,1-4H3,(H,26,29)/t18-,20-,21-,22-,24+,25+/m1/s1. The van der Waals surface area contributed by atoms with Gasteiger partial charge in [-0.3, -0.25) is 9.59 Å². The highest BCUT2D eigenvalue weighted by Crippen LogP contribution is 2.59. The molecule has 2 heterocycles. The van der Waals surface area contributed by atoms with Crippen molar-refractivity contribution in [1.82, 2.24) is 5.32 Å². The number of nitrogens with one attached hydrogen (secondary N) is 1. The Morgan fingerprint density at radius 3 is 2.47 bits per heavy atom. The van der Waals surface area contributed by atoms with E-state index in [1.165, 1.54) is 5.57 Å². The maximum Gasteiger partial charge on any atom is 0.251 e. The van der Waals surface area contributed by atoms with Crippen LogP contribution >= 0.6 is 0 Å². The number of allylic oxidation sites excluding steroid dienone is 1. The third-order valence-electron chi connectivity index (χ3n) is 7.22. The molecule has 0 bridgehead atoms. The van der Waals surface area contributed by atoms with Crippen LogP contribution in [0.2, 0.25) is 0 Å². The second-order valence-electron chi connectivity index (χ2n) is 9.62. The van der Waals surface area contributed by atoms with Crippen LogP contribution < -0.4 is 5.32 Å². The number of hydrogen-bond donors (Lipinski definition) is 2. The van der Waals surface area contributed by atoms with Gasteiger partial charge in [0, 0.05) is 24.2 Å². The number of Topliss-reactive ketones (excluding diaryl/α,β-unsaturated/α-hetero) is 1. The molecular weight excluding hydrogens is 410 g/mol. The number of carbonyl (C=O) groups excluding carboxylic acids is 2. The number of ether oxygens (including phenoxy) is 3. The minimum Gasteiger partial charge on any atom is -0.388 e. The zero-order valence-electron chi connectivity index (χ0n) is 19.2. The quantitative estimate of drug-likeness (QED) is 0.364. The molecule has 1 amide bonds. The first-order valence-electron chi connectivity index (χ1n) is 11.3. The zero-order chi connectivity index (χ0) is 23.1. The lowest BCUT2D eigenvalue weighted by atomic mass is 9.67. The van der Waals surface area contributed by atoms with E-state index < -0.39 is 6.61 Å². The number of amides is 1. The molecule has 0 radical (unpaired) electrons. The van der Waals surface area contributed by atoms with Crippen LogP contribution in [0.4, 0.5) is 0 Å². The maximum atomic E-state index is 12.9. The molecule has 0 unspecified atom stereocenters. The smallest absolute Gasteiger partial charge is 0.251 e. The van der Waals surface area contributed by atoms with E-state index >= 15 is 0 Å². The molecule has 2 N–H and O–H groups in total. The predicted molar refractivity (Wildman–Crippen MR) is 119 cm³/mol. The van der Waals surface area contributed by atoms with Crippen LogP contribution in [0.1, 0.15) is 60.7 Å². The largest absolute Gasteiger partial charge is 0.388 e. The topological polar surface area (TPSA) is 101 Å². The fourth-order valence-electron chi connectivity index (χ4n) is 5.29. The van der Waals surface area contributed by atoms with Crippen LogP contribution in [0.15, 0.2) is 35.9 Å². The van der Waals surface area contributed by atoms with Crippen molar-refractivity contribution in [3.63, 3.8) is 0 Å². The summed E-state index contributed by atoms with van der Waals surface area (Å²) in [6.45, 7) is 6.46. The Bertz CT molecular complexity index is 902. The minimum atomic E-state index is -0.552. The summed E-state index contributed by atoms with van der Waals surface area (Å²) in [4.78, 5) is 24.6. The van der Waals surface area contributed by atoms with Crippen LogP contribution in [0, 0.1) is 5.92 Å². The molecule has 0 aromatic heterocycles. The molecule has 1 spiro atoms. The Labute approximate surface area is 189 Å². The van der Waals surface area contributed by atoms with Crippen LogP contribution in [-0.2, 0) is 14.2 Å². The van der Waals surface area contributed by atoms with Crippen LogP contribution in [0.5, 0.6) is 0 Å². The number of aliphatic hydroxyl groups excluding tert-OH is 1. The Morgan fingerprint density at radius 1 is 1.25 bits per heavy atom. The number of methoxy groups -OCH3 is 1. The molecule has 3 fully saturated rings. The van der Waals surface area contributed by atoms with Gasteiger partial charge in [0.25, 0.3) is 5.91 Å². The first-order valence-corrected chi connectivity index (χ1v) is 11.3. The van der Waals surface area contributed by atoms with E-state index in [0.29, 0.717) is 17.7 Å². The molecule has 3 aliphatic rings. The van der Waals surface area contributed by atoms with Gasteiger partial charge in [-0.05, 0) is 52.2 Å². The number of ketones is 1. The Morgan fingerprint density at radius 2 is 1.91 bits per heavy atom. The molecule has 1 aromatic carbocycles. The van der Waals surface area contributed by atoms with Crippen molar-refractivity contribution in [2.45, 2.75) is 69.5 Å². The number of carbonyl (C=O) groups is 2. The van der Waals surface area contributed by atoms with Gasteiger partial charge in [-0.1, -0.05) is 23.8 Å². The summed E-state index contributed by atoms with van der Waals surface area (Å²) in [6.07, 6.45) is 4.56. The lowest BCUT2D eigenvalue weighted by molar-refractivity contribution is -0.0660. The Kier molecular flexibility index (Phi) is 6.29. The van der Waals surface area contributed by atoms with E-state index in [4.69, 9.17) is 19.3 Å². The summed E-state index contributed by atoms with van der Waals surface area (Å²) in [5.74, 6) is -0.560. The van der Waals surface area contributed by atoms with Gasteiger partial charge >= 0.3 is 0 Å². The fourth-order valence-corrected chi connectivity index (χ4v) is 5.29. The fraction of sp³-hybridized carbons (Fsp3) is 0.600. The predicted octanol–water partition coefficient (Wildman–Crippen LogP) is 2.67. The van der Waals surface area contributed by atoms with Crippen molar-refractivity contribution >= 4 is 11.7 Å². The van der Waals surface area contributed by atoms with Crippen molar-refractivity contribution in [1.29, 1.82) is 0 Å². The van der Waals surface area contributed by atoms with Gasteiger partial charge in [-0.15, -0.1) is 0 Å². The molecule has 1 saturated carbocycles. The second kappa shape index (κ2) is 8.71. The Balaban J connectivity index is 1.49. The highest BCUT2D eigenvalue weighted by atomic mass is 16.6. The third-order valence-corrected chi connectivity index (χ3v) is 7.22. The number of rotatable bonds is 8. The van der Waals surface area contributed by atoms with E-state index in [0.717, 1.165) is 19.3 Å². The summed E-state index contributed by atoms with van der Waals surface area (Å²) in [5.41, 5.74) is 1.53. The zero-order valence-corrected chi connectivity index (χ0v) is 19.2. The van der Waals surface area contributed by atoms with Crippen molar-refractivity contribution in [2.24, 2.45) is 5.92 Å². The molecule has 6 atom stereocenters. The number of hydrogen-bond acceptors (Lipinski definition) is 6. The van der Waals surface area contributed by atoms with Gasteiger partial charge in [-0.25, -0.2) is 0 Å². The maximum absolute atomic E-state index is 12.9. The highest BCUT2D eigenvalue weighted by molar-refractivity contribution is 5.99. The average Bonchev–Trinajstić information content (AvgIpc) is 3.70. The van der Waals surface area contributed by atoms with Gasteiger partial charge in [0.2, 0.25) is 0 Å². The Hall–Kier alpha value is -2.06. The van der Waals surface area contributed by atoms with Crippen LogP contribution in [0.25, 0.3) is 0 Å². The minimum absolute atomic E-state index is 0.0270. The molecule has 7 nitrogen and oxygen atoms in total. The van der Waals surface area contributed by atoms with Crippen molar-refractivity contribution in [2.75, 3.05) is 20.3 Å². The van der Waals surface area contributed by atoms with Gasteiger partial charge in [-0.2, -0.15) is 0 Å². The van der Waals surface area contributed by atoms with Crippen LogP contribution in [0.3, 0.4) is 0 Å². The second-order valence-corrected chi connectivity index (χ2v) is 9.62. The molecule has 1 aliphatic carbocycles. The third kappa shape index (κ3) is 4.27. The van der Waals surface area contributed by atoms with Gasteiger partial charge in [0.05, 0.1) is 30.5 Å². The normalized spacial score (nSPS) is 35.3. The van der Waals surface area contributed by atoms with Crippen molar-refractivity contribution in [3.05, 3.63) is 47.0 Å². The molecule has 32 heavy (non-hydrogen) atoms. The van der Waals surface area contributed by atoms with Gasteiger partial charge < -0.3 is 24.6 Å². The van der Waals surface area contributed by atoms with E-state index in [9.17, 15) is 9.59 Å². The number of benzene rings is 1. The molecule has 2 aliphatic heterocycles. The summed E-state index contributed by atoms with van der Waals surface area (Å²) >= 11 is 0. The lowest BCUT2D eigenvalue weighted by Crippen LogP contribution is -2.59. The highest BCUT2D eigenvalue weighted by Gasteiger charge is 2.71. The summed E-state index contributed by atoms with van der Waals surface area (Å²) in [6, 6.07) is 6.16. The average molecular weight is 444 g/mol. The first kappa shape index (κ1) is 23.1. The van der Waals surface area contributed by atoms with Gasteiger partial charge in [0.1, 0.15) is 12.2 Å². The van der Waals surface area contributed by atoms with E-state index in [2.05, 4.69) is 32.2 Å². The molecule has 1 aromatic rings. The molecular formula is C25H33NO6.